The molecule has 0 aromatic heterocycles. The number of esters is 1. The molecule has 0 saturated carbocycles. The van der Waals surface area contributed by atoms with Gasteiger partial charge in [0.2, 0.25) is 5.91 Å². The number of carbonyl (C=O) groups is 3. The predicted octanol–water partition coefficient (Wildman–Crippen LogP) is 1.06. The molecule has 1 aromatic rings. The van der Waals surface area contributed by atoms with Crippen molar-refractivity contribution in [3.05, 3.63) is 35.9 Å². The SMILES string of the molecule is CCOC(=O)C(CCc1ccccc1)N[C@H]1CCC[C@@H]2N(C1=O)[C@H](C(=O)O)CS2=O. The van der Waals surface area contributed by atoms with E-state index in [1.165, 1.54) is 4.90 Å². The molecule has 2 saturated heterocycles. The Bertz CT molecular complexity index is 802. The maximum Gasteiger partial charge on any atom is 0.327 e. The summed E-state index contributed by atoms with van der Waals surface area (Å²) in [6, 6.07) is 7.23. The summed E-state index contributed by atoms with van der Waals surface area (Å²) in [5.74, 6) is -2.02. The minimum atomic E-state index is -1.38. The van der Waals surface area contributed by atoms with Crippen LogP contribution in [0.25, 0.3) is 0 Å². The fourth-order valence-corrected chi connectivity index (χ4v) is 5.87. The van der Waals surface area contributed by atoms with Gasteiger partial charge in [-0.3, -0.25) is 19.1 Å². The molecule has 2 N–H and O–H groups in total. The Labute approximate surface area is 178 Å². The summed E-state index contributed by atoms with van der Waals surface area (Å²) in [6.07, 6.45) is 2.65. The lowest BCUT2D eigenvalue weighted by atomic mass is 10.0. The number of benzene rings is 1. The van der Waals surface area contributed by atoms with Crippen LogP contribution < -0.4 is 5.32 Å². The average molecular weight is 437 g/mol. The second kappa shape index (κ2) is 10.2. The van der Waals surface area contributed by atoms with Gasteiger partial charge in [0.15, 0.2) is 0 Å². The number of amides is 1. The van der Waals surface area contributed by atoms with Gasteiger partial charge in [-0.1, -0.05) is 30.3 Å². The van der Waals surface area contributed by atoms with E-state index in [9.17, 15) is 23.7 Å². The third kappa shape index (κ3) is 5.07. The first-order valence-electron chi connectivity index (χ1n) is 10.3. The summed E-state index contributed by atoms with van der Waals surface area (Å²) < 4.78 is 17.6. The van der Waals surface area contributed by atoms with Crippen LogP contribution in [0.15, 0.2) is 30.3 Å². The molecule has 0 bridgehead atoms. The van der Waals surface area contributed by atoms with Crippen LogP contribution in [-0.4, -0.2) is 67.9 Å². The number of ether oxygens (including phenoxy) is 1. The number of nitrogens with zero attached hydrogens (tertiary/aromatic N) is 1. The van der Waals surface area contributed by atoms with Crippen LogP contribution in [0.4, 0.5) is 0 Å². The summed E-state index contributed by atoms with van der Waals surface area (Å²) >= 11 is 0. The number of hydrogen-bond donors (Lipinski definition) is 2. The molecule has 8 nitrogen and oxygen atoms in total. The highest BCUT2D eigenvalue weighted by Gasteiger charge is 2.49. The van der Waals surface area contributed by atoms with Crippen molar-refractivity contribution in [1.29, 1.82) is 0 Å². The van der Waals surface area contributed by atoms with Crippen LogP contribution in [0.2, 0.25) is 0 Å². The van der Waals surface area contributed by atoms with Gasteiger partial charge in [0, 0.05) is 10.8 Å². The molecule has 164 valence electrons. The molecule has 30 heavy (non-hydrogen) atoms. The van der Waals surface area contributed by atoms with Crippen molar-refractivity contribution in [2.24, 2.45) is 0 Å². The predicted molar refractivity (Wildman–Crippen MR) is 111 cm³/mol. The minimum Gasteiger partial charge on any atom is -0.480 e. The molecular formula is C21H28N2O6S. The van der Waals surface area contributed by atoms with Crippen LogP contribution in [-0.2, 0) is 36.3 Å². The average Bonchev–Trinajstić information content (AvgIpc) is 2.97. The quantitative estimate of drug-likeness (QED) is 0.586. The van der Waals surface area contributed by atoms with Gasteiger partial charge < -0.3 is 14.7 Å². The molecule has 0 spiro atoms. The topological polar surface area (TPSA) is 113 Å². The van der Waals surface area contributed by atoms with Crippen molar-refractivity contribution in [3.8, 4) is 0 Å². The second-order valence-electron chi connectivity index (χ2n) is 7.58. The van der Waals surface area contributed by atoms with E-state index in [2.05, 4.69) is 5.32 Å². The summed E-state index contributed by atoms with van der Waals surface area (Å²) in [5.41, 5.74) is 1.07. The first kappa shape index (κ1) is 22.4. The number of fused-ring (bicyclic) bond motifs is 1. The molecule has 1 amide bonds. The normalized spacial score (nSPS) is 27.2. The van der Waals surface area contributed by atoms with E-state index in [1.54, 1.807) is 6.92 Å². The van der Waals surface area contributed by atoms with E-state index < -0.39 is 52.1 Å². The van der Waals surface area contributed by atoms with Gasteiger partial charge in [-0.2, -0.15) is 0 Å². The highest BCUT2D eigenvalue weighted by Crippen LogP contribution is 2.29. The smallest absolute Gasteiger partial charge is 0.327 e. The van der Waals surface area contributed by atoms with Crippen LogP contribution in [0, 0.1) is 0 Å². The zero-order valence-corrected chi connectivity index (χ0v) is 17.8. The molecule has 3 rings (SSSR count). The zero-order chi connectivity index (χ0) is 21.7. The minimum absolute atomic E-state index is 0.0478. The van der Waals surface area contributed by atoms with Crippen LogP contribution in [0.5, 0.6) is 0 Å². The molecule has 2 fully saturated rings. The number of rotatable bonds is 8. The molecule has 1 aromatic carbocycles. The molecule has 2 unspecified atom stereocenters. The fourth-order valence-electron chi connectivity index (χ4n) is 4.10. The highest BCUT2D eigenvalue weighted by molar-refractivity contribution is 7.86. The summed E-state index contributed by atoms with van der Waals surface area (Å²) in [7, 11) is -1.38. The van der Waals surface area contributed by atoms with Crippen molar-refractivity contribution < 1.29 is 28.4 Å². The van der Waals surface area contributed by atoms with Gasteiger partial charge >= 0.3 is 11.9 Å². The Morgan fingerprint density at radius 3 is 2.70 bits per heavy atom. The largest absolute Gasteiger partial charge is 0.480 e. The number of carboxylic acids is 1. The summed E-state index contributed by atoms with van der Waals surface area (Å²) in [6.45, 7) is 1.96. The summed E-state index contributed by atoms with van der Waals surface area (Å²) in [4.78, 5) is 38.6. The molecule has 5 atom stereocenters. The fraction of sp³-hybridized carbons (Fsp3) is 0.571. The number of hydrogen-bond acceptors (Lipinski definition) is 6. The molecule has 2 aliphatic heterocycles. The molecule has 0 aliphatic carbocycles. The van der Waals surface area contributed by atoms with Gasteiger partial charge in [0.25, 0.3) is 0 Å². The van der Waals surface area contributed by atoms with Gasteiger partial charge in [-0.25, -0.2) is 4.79 Å². The number of aryl methyl sites for hydroxylation is 1. The lowest BCUT2D eigenvalue weighted by Gasteiger charge is -2.29. The lowest BCUT2D eigenvalue weighted by Crippen LogP contribution is -2.55. The Morgan fingerprint density at radius 2 is 2.03 bits per heavy atom. The second-order valence-corrected chi connectivity index (χ2v) is 9.22. The van der Waals surface area contributed by atoms with Crippen molar-refractivity contribution in [1.82, 2.24) is 10.2 Å². The van der Waals surface area contributed by atoms with E-state index >= 15 is 0 Å². The maximum absolute atomic E-state index is 13.2. The van der Waals surface area contributed by atoms with Crippen molar-refractivity contribution in [2.45, 2.75) is 62.5 Å². The Morgan fingerprint density at radius 1 is 1.30 bits per heavy atom. The monoisotopic (exact) mass is 436 g/mol. The van der Waals surface area contributed by atoms with Crippen LogP contribution in [0.3, 0.4) is 0 Å². The Hall–Kier alpha value is -2.26. The molecule has 2 aliphatic rings. The van der Waals surface area contributed by atoms with Crippen molar-refractivity contribution in [2.75, 3.05) is 12.4 Å². The van der Waals surface area contributed by atoms with Crippen molar-refractivity contribution in [3.63, 3.8) is 0 Å². The third-order valence-electron chi connectivity index (χ3n) is 5.59. The number of aliphatic carboxylic acids is 1. The van der Waals surface area contributed by atoms with E-state index in [-0.39, 0.29) is 12.4 Å². The maximum atomic E-state index is 13.2. The number of nitrogens with one attached hydrogen (secondary N) is 1. The standard InChI is InChI=1S/C21H28N2O6S/c1-2-29-21(27)16(12-11-14-7-4-3-5-8-14)22-15-9-6-10-18-23(19(15)24)17(20(25)26)13-30(18)28/h3-5,7-8,15-18,22H,2,6,9-13H2,1H3,(H,25,26)/t15-,16?,17-,18+,30?/m0/s1. The number of carbonyl (C=O) groups excluding carboxylic acids is 2. The van der Waals surface area contributed by atoms with E-state index in [0.29, 0.717) is 32.1 Å². The van der Waals surface area contributed by atoms with Gasteiger partial charge in [-0.05, 0) is 44.6 Å². The highest BCUT2D eigenvalue weighted by atomic mass is 32.2. The lowest BCUT2D eigenvalue weighted by molar-refractivity contribution is -0.151. The molecule has 0 radical (unpaired) electrons. The third-order valence-corrected chi connectivity index (χ3v) is 7.31. The molecular weight excluding hydrogens is 408 g/mol. The van der Waals surface area contributed by atoms with Crippen LogP contribution >= 0.6 is 0 Å². The first-order valence-corrected chi connectivity index (χ1v) is 11.7. The molecule has 2 heterocycles. The zero-order valence-electron chi connectivity index (χ0n) is 17.0. The number of carboxylic acid groups (broad SMARTS) is 1. The summed E-state index contributed by atoms with van der Waals surface area (Å²) in [5, 5.41) is 12.0. The van der Waals surface area contributed by atoms with Crippen molar-refractivity contribution >= 4 is 28.6 Å². The van der Waals surface area contributed by atoms with E-state index in [4.69, 9.17) is 4.74 Å². The Balaban J connectivity index is 1.75. The van der Waals surface area contributed by atoms with E-state index in [0.717, 1.165) is 5.56 Å². The van der Waals surface area contributed by atoms with Gasteiger partial charge in [-0.15, -0.1) is 0 Å². The van der Waals surface area contributed by atoms with Gasteiger partial charge in [0.1, 0.15) is 17.5 Å². The van der Waals surface area contributed by atoms with E-state index in [1.807, 2.05) is 30.3 Å². The van der Waals surface area contributed by atoms with Crippen LogP contribution in [0.1, 0.15) is 38.2 Å². The Kier molecular flexibility index (Phi) is 7.60. The van der Waals surface area contributed by atoms with Gasteiger partial charge in [0.05, 0.1) is 18.4 Å². The first-order chi connectivity index (χ1) is 14.4. The molecule has 9 heteroatoms.